The van der Waals surface area contributed by atoms with Crippen molar-refractivity contribution in [1.82, 2.24) is 15.0 Å². The van der Waals surface area contributed by atoms with Gasteiger partial charge in [0.15, 0.2) is 0 Å². The third kappa shape index (κ3) is 4.46. The lowest BCUT2D eigenvalue weighted by Gasteiger charge is -2.03. The van der Waals surface area contributed by atoms with Gasteiger partial charge in [0.1, 0.15) is 5.69 Å². The summed E-state index contributed by atoms with van der Waals surface area (Å²) < 4.78 is 0. The van der Waals surface area contributed by atoms with Crippen LogP contribution < -0.4 is 16.8 Å². The molecule has 1 amide bonds. The van der Waals surface area contributed by atoms with Gasteiger partial charge in [0.25, 0.3) is 5.91 Å². The number of imidazole rings is 1. The molecule has 9 heteroatoms. The van der Waals surface area contributed by atoms with Gasteiger partial charge >= 0.3 is 0 Å². The van der Waals surface area contributed by atoms with Crippen LogP contribution in [-0.2, 0) is 0 Å². The molecule has 0 atom stereocenters. The number of amides is 1. The van der Waals surface area contributed by atoms with Crippen molar-refractivity contribution >= 4 is 45.2 Å². The van der Waals surface area contributed by atoms with Crippen LogP contribution in [0.4, 0.5) is 5.69 Å². The minimum absolute atomic E-state index is 0.102. The Hall–Kier alpha value is -4.14. The molecule has 2 aromatic heterocycles. The lowest BCUT2D eigenvalue weighted by molar-refractivity contribution is 0.102. The normalized spacial score (nSPS) is 11.1. The number of rotatable bonds is 4. The molecule has 0 bridgehead atoms. The van der Waals surface area contributed by atoms with Gasteiger partial charge in [-0.25, -0.2) is 4.98 Å². The van der Waals surface area contributed by atoms with E-state index >= 15 is 0 Å². The maximum absolute atomic E-state index is 12.6. The largest absolute Gasteiger partial charge is 0.369 e. The van der Waals surface area contributed by atoms with E-state index in [0.29, 0.717) is 17.1 Å². The number of fused-ring (bicyclic) bond motifs is 2. The summed E-state index contributed by atoms with van der Waals surface area (Å²) in [4.78, 5) is 22.9. The fraction of sp³-hybridized carbons (Fsp3) is 0.143. The quantitative estimate of drug-likeness (QED) is 0.201. The SMILES string of the molecule is C/C(=N\N=C(N)N)c1ccc2[nH]c(C(=O)Nc3ccc4nc[nH]c4c3)cc2c1.CC. The number of carbonyl (C=O) groups excluding carboxylic acids is 1. The highest BCUT2D eigenvalue weighted by atomic mass is 16.1. The Morgan fingerprint density at radius 3 is 2.60 bits per heavy atom. The number of nitrogens with zero attached hydrogens (tertiary/aromatic N) is 3. The zero-order valence-corrected chi connectivity index (χ0v) is 17.0. The molecule has 7 N–H and O–H groups in total. The first kappa shape index (κ1) is 20.6. The molecule has 0 fully saturated rings. The second-order valence-electron chi connectivity index (χ2n) is 6.28. The summed E-state index contributed by atoms with van der Waals surface area (Å²) in [5, 5.41) is 11.4. The Morgan fingerprint density at radius 2 is 1.83 bits per heavy atom. The Labute approximate surface area is 173 Å². The number of carbonyl (C=O) groups is 1. The maximum Gasteiger partial charge on any atom is 0.272 e. The van der Waals surface area contributed by atoms with E-state index in [1.807, 2.05) is 50.2 Å². The van der Waals surface area contributed by atoms with Crippen molar-refractivity contribution in [2.75, 3.05) is 5.32 Å². The van der Waals surface area contributed by atoms with E-state index < -0.39 is 0 Å². The van der Waals surface area contributed by atoms with E-state index in [4.69, 9.17) is 11.5 Å². The van der Waals surface area contributed by atoms with Crippen molar-refractivity contribution in [1.29, 1.82) is 0 Å². The standard InChI is InChI=1S/C19H18N8O.C2H6/c1-10(26-27-19(20)21)11-2-4-14-12(6-11)7-17(25-14)18(28)24-13-3-5-15-16(8-13)23-9-22-15;1-2/h2-9,25H,1H3,(H,22,23)(H,24,28)(H4,20,21,27);1-2H3/b26-10+;. The minimum atomic E-state index is -0.234. The van der Waals surface area contributed by atoms with Gasteiger partial charge in [0.2, 0.25) is 5.96 Å². The van der Waals surface area contributed by atoms with Crippen LogP contribution >= 0.6 is 0 Å². The molecule has 4 aromatic rings. The molecule has 2 heterocycles. The lowest BCUT2D eigenvalue weighted by Crippen LogP contribution is -2.22. The fourth-order valence-corrected chi connectivity index (χ4v) is 2.88. The molecule has 0 radical (unpaired) electrons. The second-order valence-corrected chi connectivity index (χ2v) is 6.28. The van der Waals surface area contributed by atoms with Gasteiger partial charge in [-0.2, -0.15) is 5.10 Å². The minimum Gasteiger partial charge on any atom is -0.369 e. The Bertz CT molecular complexity index is 1240. The number of guanidine groups is 1. The Balaban J connectivity index is 0.00000124. The van der Waals surface area contributed by atoms with E-state index in [1.165, 1.54) is 0 Å². The van der Waals surface area contributed by atoms with Gasteiger partial charge in [0.05, 0.1) is 23.1 Å². The summed E-state index contributed by atoms with van der Waals surface area (Å²) in [5.74, 6) is -0.336. The predicted octanol–water partition coefficient (Wildman–Crippen LogP) is 3.32. The second kappa shape index (κ2) is 8.91. The molecule has 9 nitrogen and oxygen atoms in total. The number of benzene rings is 2. The van der Waals surface area contributed by atoms with E-state index in [0.717, 1.165) is 27.5 Å². The van der Waals surface area contributed by atoms with Crippen molar-refractivity contribution in [2.45, 2.75) is 20.8 Å². The number of hydrogen-bond acceptors (Lipinski definition) is 4. The summed E-state index contributed by atoms with van der Waals surface area (Å²) in [5.41, 5.74) is 15.8. The van der Waals surface area contributed by atoms with Crippen molar-refractivity contribution in [2.24, 2.45) is 21.7 Å². The number of anilines is 1. The first-order chi connectivity index (χ1) is 14.5. The fourth-order valence-electron chi connectivity index (χ4n) is 2.88. The zero-order chi connectivity index (χ0) is 21.7. The molecular formula is C21H24N8O. The summed E-state index contributed by atoms with van der Waals surface area (Å²) >= 11 is 0. The summed E-state index contributed by atoms with van der Waals surface area (Å²) in [6, 6.07) is 13.0. The highest BCUT2D eigenvalue weighted by molar-refractivity contribution is 6.08. The third-order valence-electron chi connectivity index (χ3n) is 4.28. The topological polar surface area (TPSA) is 150 Å². The molecule has 0 aliphatic heterocycles. The van der Waals surface area contributed by atoms with Crippen molar-refractivity contribution in [3.05, 3.63) is 60.0 Å². The van der Waals surface area contributed by atoms with Crippen LogP contribution in [0.25, 0.3) is 21.9 Å². The molecule has 0 unspecified atom stereocenters. The molecule has 2 aromatic carbocycles. The highest BCUT2D eigenvalue weighted by Gasteiger charge is 2.11. The van der Waals surface area contributed by atoms with E-state index in [-0.39, 0.29) is 11.9 Å². The van der Waals surface area contributed by atoms with Crippen LogP contribution in [0, 0.1) is 0 Å². The van der Waals surface area contributed by atoms with Crippen molar-refractivity contribution in [3.63, 3.8) is 0 Å². The van der Waals surface area contributed by atoms with E-state index in [1.54, 1.807) is 19.3 Å². The Morgan fingerprint density at radius 1 is 1.03 bits per heavy atom. The van der Waals surface area contributed by atoms with Crippen molar-refractivity contribution < 1.29 is 4.79 Å². The Kier molecular flexibility index (Phi) is 6.11. The number of H-pyrrole nitrogens is 2. The van der Waals surface area contributed by atoms with Gasteiger partial charge in [-0.15, -0.1) is 5.10 Å². The van der Waals surface area contributed by atoms with Gasteiger partial charge in [-0.05, 0) is 48.9 Å². The van der Waals surface area contributed by atoms with Crippen LogP contribution in [0.2, 0.25) is 0 Å². The number of aromatic amines is 2. The average Bonchev–Trinajstić information content (AvgIpc) is 3.39. The number of nitrogens with one attached hydrogen (secondary N) is 3. The van der Waals surface area contributed by atoms with Crippen molar-refractivity contribution in [3.8, 4) is 0 Å². The van der Waals surface area contributed by atoms with Crippen LogP contribution in [0.5, 0.6) is 0 Å². The van der Waals surface area contributed by atoms with Crippen LogP contribution in [0.15, 0.2) is 59.0 Å². The molecule has 4 rings (SSSR count). The van der Waals surface area contributed by atoms with Gasteiger partial charge in [-0.3, -0.25) is 4.79 Å². The predicted molar refractivity (Wildman–Crippen MR) is 122 cm³/mol. The number of aromatic nitrogens is 3. The summed E-state index contributed by atoms with van der Waals surface area (Å²) in [6.45, 7) is 5.81. The first-order valence-electron chi connectivity index (χ1n) is 9.50. The molecule has 154 valence electrons. The number of hydrogen-bond donors (Lipinski definition) is 5. The summed E-state index contributed by atoms with van der Waals surface area (Å²) in [7, 11) is 0. The van der Waals surface area contributed by atoms with Crippen LogP contribution in [0.3, 0.4) is 0 Å². The van der Waals surface area contributed by atoms with Gasteiger partial charge < -0.3 is 26.8 Å². The van der Waals surface area contributed by atoms with Gasteiger partial charge in [0, 0.05) is 16.6 Å². The molecule has 0 spiro atoms. The average molecular weight is 404 g/mol. The number of nitrogens with two attached hydrogens (primary N) is 2. The highest BCUT2D eigenvalue weighted by Crippen LogP contribution is 2.20. The molecular weight excluding hydrogens is 380 g/mol. The molecule has 0 aliphatic carbocycles. The third-order valence-corrected chi connectivity index (χ3v) is 4.28. The molecule has 0 saturated carbocycles. The van der Waals surface area contributed by atoms with E-state index in [9.17, 15) is 4.79 Å². The first-order valence-corrected chi connectivity index (χ1v) is 9.50. The smallest absolute Gasteiger partial charge is 0.272 e. The molecule has 30 heavy (non-hydrogen) atoms. The summed E-state index contributed by atoms with van der Waals surface area (Å²) in [6.07, 6.45) is 1.62. The monoisotopic (exact) mass is 404 g/mol. The van der Waals surface area contributed by atoms with Crippen LogP contribution in [0.1, 0.15) is 36.8 Å². The maximum atomic E-state index is 12.6. The molecule has 0 aliphatic rings. The van der Waals surface area contributed by atoms with Gasteiger partial charge in [-0.1, -0.05) is 19.9 Å². The zero-order valence-electron chi connectivity index (χ0n) is 17.0. The molecule has 0 saturated heterocycles. The van der Waals surface area contributed by atoms with E-state index in [2.05, 4.69) is 30.5 Å². The lowest BCUT2D eigenvalue weighted by atomic mass is 10.1. The van der Waals surface area contributed by atoms with Crippen LogP contribution in [-0.4, -0.2) is 32.5 Å².